The van der Waals surface area contributed by atoms with E-state index >= 15 is 0 Å². The van der Waals surface area contributed by atoms with E-state index in [4.69, 9.17) is 14.6 Å². The van der Waals surface area contributed by atoms with E-state index in [1.54, 1.807) is 17.8 Å². The number of anilines is 2. The number of hydrogen-bond acceptors (Lipinski definition) is 8. The first-order valence-electron chi connectivity index (χ1n) is 11.5. The molecule has 186 valence electrons. The van der Waals surface area contributed by atoms with Gasteiger partial charge in [0.2, 0.25) is 0 Å². The molecule has 0 N–H and O–H groups in total. The molecule has 0 unspecified atom stereocenters. The molecule has 1 aromatic carbocycles. The molecule has 35 heavy (non-hydrogen) atoms. The van der Waals surface area contributed by atoms with Gasteiger partial charge in [-0.3, -0.25) is 9.59 Å². The van der Waals surface area contributed by atoms with Crippen molar-refractivity contribution in [3.8, 4) is 5.75 Å². The van der Waals surface area contributed by atoms with Crippen molar-refractivity contribution in [3.05, 3.63) is 45.8 Å². The van der Waals surface area contributed by atoms with Crippen LogP contribution in [0.25, 0.3) is 5.65 Å². The summed E-state index contributed by atoms with van der Waals surface area (Å²) in [5, 5.41) is 4.80. The molecule has 1 fully saturated rings. The van der Waals surface area contributed by atoms with Gasteiger partial charge in [0.25, 0.3) is 0 Å². The third-order valence-corrected chi connectivity index (χ3v) is 6.39. The van der Waals surface area contributed by atoms with E-state index in [-0.39, 0.29) is 18.3 Å². The van der Waals surface area contributed by atoms with E-state index in [9.17, 15) is 9.59 Å². The number of rotatable bonds is 7. The van der Waals surface area contributed by atoms with Gasteiger partial charge in [0.1, 0.15) is 27.4 Å². The molecule has 1 aliphatic heterocycles. The predicted molar refractivity (Wildman–Crippen MR) is 142 cm³/mol. The number of ether oxygens (including phenoxy) is 2. The maximum atomic E-state index is 12.9. The van der Waals surface area contributed by atoms with E-state index in [1.807, 2.05) is 56.0 Å². The van der Waals surface area contributed by atoms with Crippen molar-refractivity contribution in [1.82, 2.24) is 14.6 Å². The number of fused-ring (bicyclic) bond motifs is 1. The fraction of sp³-hybridized carbons (Fsp3) is 0.440. The largest absolute Gasteiger partial charge is 0.497 e. The lowest BCUT2D eigenvalue weighted by atomic mass is 10.1. The summed E-state index contributed by atoms with van der Waals surface area (Å²) in [6, 6.07) is 9.72. The van der Waals surface area contributed by atoms with Crippen molar-refractivity contribution < 1.29 is 19.1 Å². The SMILES string of the molecule is COc1ccc(CN(CC(=O)OC(C)(C)C)c2cc(N3CCC(=O)CC3)nn3c(I)cnc23)cc1. The number of Topliss-reactive ketones (excluding diaryl/α,β-unsaturated/α-hetero) is 1. The van der Waals surface area contributed by atoms with Gasteiger partial charge >= 0.3 is 5.97 Å². The predicted octanol–water partition coefficient (Wildman–Crippen LogP) is 3.86. The van der Waals surface area contributed by atoms with Gasteiger partial charge in [-0.1, -0.05) is 12.1 Å². The van der Waals surface area contributed by atoms with Crippen LogP contribution in [0.2, 0.25) is 0 Å². The Balaban J connectivity index is 1.75. The third kappa shape index (κ3) is 6.22. The van der Waals surface area contributed by atoms with Crippen molar-refractivity contribution >= 4 is 51.5 Å². The first-order chi connectivity index (χ1) is 16.6. The van der Waals surface area contributed by atoms with E-state index < -0.39 is 5.60 Å². The van der Waals surface area contributed by atoms with E-state index in [1.165, 1.54) is 0 Å². The van der Waals surface area contributed by atoms with Crippen LogP contribution in [0.3, 0.4) is 0 Å². The number of nitrogens with zero attached hydrogens (tertiary/aromatic N) is 5. The number of ketones is 1. The number of benzene rings is 1. The van der Waals surface area contributed by atoms with Gasteiger partial charge in [-0.2, -0.15) is 0 Å². The average molecular weight is 591 g/mol. The van der Waals surface area contributed by atoms with Crippen molar-refractivity contribution in [2.45, 2.75) is 45.8 Å². The van der Waals surface area contributed by atoms with Crippen LogP contribution in [0.5, 0.6) is 5.75 Å². The van der Waals surface area contributed by atoms with Crippen molar-refractivity contribution in [2.24, 2.45) is 0 Å². The number of methoxy groups -OCH3 is 1. The smallest absolute Gasteiger partial charge is 0.326 e. The number of piperidine rings is 1. The van der Waals surface area contributed by atoms with Gasteiger partial charge in [0, 0.05) is 38.5 Å². The zero-order valence-electron chi connectivity index (χ0n) is 20.5. The minimum Gasteiger partial charge on any atom is -0.497 e. The molecule has 0 amide bonds. The Bertz CT molecular complexity index is 1210. The van der Waals surface area contributed by atoms with Gasteiger partial charge in [0.15, 0.2) is 11.5 Å². The molecule has 0 aliphatic carbocycles. The van der Waals surface area contributed by atoms with Crippen LogP contribution in [0, 0.1) is 3.70 Å². The average Bonchev–Trinajstić information content (AvgIpc) is 3.18. The Labute approximate surface area is 218 Å². The van der Waals surface area contributed by atoms with Crippen molar-refractivity contribution in [1.29, 1.82) is 0 Å². The fourth-order valence-electron chi connectivity index (χ4n) is 3.99. The summed E-state index contributed by atoms with van der Waals surface area (Å²) in [6.07, 6.45) is 2.77. The maximum Gasteiger partial charge on any atom is 0.326 e. The lowest BCUT2D eigenvalue weighted by molar-refractivity contribution is -0.153. The lowest BCUT2D eigenvalue weighted by Gasteiger charge is -2.30. The Hall–Kier alpha value is -2.89. The molecule has 0 spiro atoms. The first kappa shape index (κ1) is 25.2. The highest BCUT2D eigenvalue weighted by Gasteiger charge is 2.25. The highest BCUT2D eigenvalue weighted by molar-refractivity contribution is 14.1. The second kappa shape index (κ2) is 10.4. The topological polar surface area (TPSA) is 89.3 Å². The second-order valence-electron chi connectivity index (χ2n) is 9.52. The molecule has 0 saturated carbocycles. The molecular weight excluding hydrogens is 561 g/mol. The van der Waals surface area contributed by atoms with Crippen LogP contribution in [0.4, 0.5) is 11.5 Å². The molecule has 0 bridgehead atoms. The van der Waals surface area contributed by atoms with E-state index in [0.717, 1.165) is 26.5 Å². The molecule has 9 nitrogen and oxygen atoms in total. The van der Waals surface area contributed by atoms with Crippen LogP contribution in [0.1, 0.15) is 39.2 Å². The lowest BCUT2D eigenvalue weighted by Crippen LogP contribution is -2.36. The second-order valence-corrected chi connectivity index (χ2v) is 10.6. The molecule has 1 aliphatic rings. The van der Waals surface area contributed by atoms with E-state index in [2.05, 4.69) is 32.5 Å². The van der Waals surface area contributed by atoms with Gasteiger partial charge in [-0.05, 0) is 61.1 Å². The molecule has 2 aromatic heterocycles. The summed E-state index contributed by atoms with van der Waals surface area (Å²) < 4.78 is 13.6. The molecule has 10 heteroatoms. The summed E-state index contributed by atoms with van der Waals surface area (Å²) in [6.45, 7) is 7.32. The summed E-state index contributed by atoms with van der Waals surface area (Å²) in [4.78, 5) is 33.4. The Morgan fingerprint density at radius 2 is 1.86 bits per heavy atom. The highest BCUT2D eigenvalue weighted by atomic mass is 127. The molecular formula is C25H30IN5O4. The summed E-state index contributed by atoms with van der Waals surface area (Å²) >= 11 is 2.20. The minimum atomic E-state index is -0.593. The van der Waals surface area contributed by atoms with Crippen molar-refractivity contribution in [3.63, 3.8) is 0 Å². The fourth-order valence-corrected chi connectivity index (χ4v) is 4.47. The zero-order valence-corrected chi connectivity index (χ0v) is 22.6. The Morgan fingerprint density at radius 1 is 1.17 bits per heavy atom. The van der Waals surface area contributed by atoms with Crippen molar-refractivity contribution in [2.75, 3.05) is 36.5 Å². The molecule has 3 aromatic rings. The van der Waals surface area contributed by atoms with E-state index in [0.29, 0.717) is 38.1 Å². The summed E-state index contributed by atoms with van der Waals surface area (Å²) in [5.41, 5.74) is 1.85. The normalized spacial score (nSPS) is 14.3. The monoisotopic (exact) mass is 591 g/mol. The number of imidazole rings is 1. The highest BCUT2D eigenvalue weighted by Crippen LogP contribution is 2.29. The molecule has 1 saturated heterocycles. The number of aromatic nitrogens is 3. The number of hydrogen-bond donors (Lipinski definition) is 0. The molecule has 4 rings (SSSR count). The van der Waals surface area contributed by atoms with Gasteiger partial charge < -0.3 is 19.3 Å². The van der Waals surface area contributed by atoms with Crippen LogP contribution in [-0.2, 0) is 20.9 Å². The third-order valence-electron chi connectivity index (χ3n) is 5.65. The zero-order chi connectivity index (χ0) is 25.2. The van der Waals surface area contributed by atoms with Crippen LogP contribution >= 0.6 is 22.6 Å². The standard InChI is InChI=1S/C25H30IN5O4/c1-25(2,3)35-23(33)16-30(15-17-5-7-19(34-4)8-6-17)20-13-22(29-11-9-18(32)10-12-29)28-31-21(26)14-27-24(20)31/h5-8,13-14H,9-12,15-16H2,1-4H3. The quantitative estimate of drug-likeness (QED) is 0.303. The Kier molecular flexibility index (Phi) is 7.48. The maximum absolute atomic E-state index is 12.9. The summed E-state index contributed by atoms with van der Waals surface area (Å²) in [7, 11) is 1.63. The minimum absolute atomic E-state index is 0.0460. The van der Waals surface area contributed by atoms with Crippen LogP contribution < -0.4 is 14.5 Å². The molecule has 0 atom stereocenters. The number of halogens is 1. The van der Waals surface area contributed by atoms with Crippen LogP contribution in [0.15, 0.2) is 36.5 Å². The Morgan fingerprint density at radius 3 is 2.49 bits per heavy atom. The number of esters is 1. The van der Waals surface area contributed by atoms with Crippen LogP contribution in [-0.4, -0.2) is 58.7 Å². The number of carbonyl (C=O) groups excluding carboxylic acids is 2. The molecule has 0 radical (unpaired) electrons. The number of carbonyl (C=O) groups is 2. The van der Waals surface area contributed by atoms with Gasteiger partial charge in [-0.25, -0.2) is 9.50 Å². The summed E-state index contributed by atoms with van der Waals surface area (Å²) in [5.74, 6) is 1.46. The first-order valence-corrected chi connectivity index (χ1v) is 12.6. The molecule has 3 heterocycles. The van der Waals surface area contributed by atoms with Gasteiger partial charge in [-0.15, -0.1) is 5.10 Å². The van der Waals surface area contributed by atoms with Gasteiger partial charge in [0.05, 0.1) is 19.0 Å².